The highest BCUT2D eigenvalue weighted by atomic mass is 19.2. The van der Waals surface area contributed by atoms with Gasteiger partial charge in [-0.2, -0.15) is 0 Å². The molecular weight excluding hydrogens is 326 g/mol. The summed E-state index contributed by atoms with van der Waals surface area (Å²) >= 11 is 0. The van der Waals surface area contributed by atoms with E-state index in [1.807, 2.05) is 38.1 Å². The van der Waals surface area contributed by atoms with Crippen LogP contribution in [0.5, 0.6) is 0 Å². The van der Waals surface area contributed by atoms with E-state index in [1.165, 1.54) is 12.1 Å². The van der Waals surface area contributed by atoms with Crippen molar-refractivity contribution in [3.63, 3.8) is 0 Å². The average Bonchev–Trinajstić information content (AvgIpc) is 2.62. The zero-order chi connectivity index (χ0) is 18.2. The number of allylic oxidation sites excluding steroid dienone is 1. The third-order valence-corrected chi connectivity index (χ3v) is 3.48. The number of hydrogen-bond donors (Lipinski definition) is 0. The summed E-state index contributed by atoms with van der Waals surface area (Å²) in [6.45, 7) is 4.87. The molecule has 0 radical (unpaired) electrons. The molecule has 5 heteroatoms. The van der Waals surface area contributed by atoms with E-state index in [4.69, 9.17) is 9.47 Å². The second kappa shape index (κ2) is 9.20. The monoisotopic (exact) mass is 346 g/mol. The maximum absolute atomic E-state index is 13.2. The summed E-state index contributed by atoms with van der Waals surface area (Å²) in [4.78, 5) is 12.0. The molecule has 0 saturated carbocycles. The lowest BCUT2D eigenvalue weighted by Gasteiger charge is -2.17. The second-order valence-electron chi connectivity index (χ2n) is 5.24. The Balaban J connectivity index is 2.07. The fraction of sp³-hybridized carbons (Fsp3) is 0.250. The fourth-order valence-corrected chi connectivity index (χ4v) is 2.23. The summed E-state index contributed by atoms with van der Waals surface area (Å²) in [5.41, 5.74) is 1.78. The molecule has 3 nitrogen and oxygen atoms in total. The SMILES string of the molecule is CCOC(OCC)c1ccc(/C=C/C(=O)c2ccc(F)c(F)c2)cc1. The van der Waals surface area contributed by atoms with E-state index < -0.39 is 23.7 Å². The van der Waals surface area contributed by atoms with Gasteiger partial charge in [-0.15, -0.1) is 0 Å². The van der Waals surface area contributed by atoms with E-state index in [9.17, 15) is 13.6 Å². The zero-order valence-electron chi connectivity index (χ0n) is 14.2. The Morgan fingerprint density at radius 2 is 1.64 bits per heavy atom. The minimum atomic E-state index is -1.04. The topological polar surface area (TPSA) is 35.5 Å². The van der Waals surface area contributed by atoms with Crippen LogP contribution in [0.25, 0.3) is 6.08 Å². The molecule has 0 amide bonds. The molecule has 25 heavy (non-hydrogen) atoms. The number of benzene rings is 2. The summed E-state index contributed by atoms with van der Waals surface area (Å²) in [6, 6.07) is 10.5. The molecule has 0 aliphatic carbocycles. The maximum atomic E-state index is 13.2. The van der Waals surface area contributed by atoms with Crippen molar-refractivity contribution >= 4 is 11.9 Å². The number of ketones is 1. The van der Waals surface area contributed by atoms with Crippen LogP contribution in [0.4, 0.5) is 8.78 Å². The Morgan fingerprint density at radius 3 is 2.20 bits per heavy atom. The number of ether oxygens (including phenoxy) is 2. The third kappa shape index (κ3) is 5.31. The molecule has 2 aromatic carbocycles. The summed E-state index contributed by atoms with van der Waals surface area (Å²) in [6.07, 6.45) is 2.52. The fourth-order valence-electron chi connectivity index (χ4n) is 2.23. The van der Waals surface area contributed by atoms with Crippen LogP contribution in [0.15, 0.2) is 48.5 Å². The quantitative estimate of drug-likeness (QED) is 0.386. The van der Waals surface area contributed by atoms with Gasteiger partial charge >= 0.3 is 0 Å². The number of carbonyl (C=O) groups is 1. The molecule has 0 saturated heterocycles. The molecule has 0 unspecified atom stereocenters. The summed E-state index contributed by atoms with van der Waals surface area (Å²) < 4.78 is 37.1. The van der Waals surface area contributed by atoms with E-state index in [-0.39, 0.29) is 5.56 Å². The highest BCUT2D eigenvalue weighted by molar-refractivity contribution is 6.06. The first-order chi connectivity index (χ1) is 12.0. The first-order valence-corrected chi connectivity index (χ1v) is 8.05. The van der Waals surface area contributed by atoms with Crippen molar-refractivity contribution in [3.05, 3.63) is 76.9 Å². The molecule has 0 spiro atoms. The van der Waals surface area contributed by atoms with Gasteiger partial charge in [0.15, 0.2) is 23.7 Å². The minimum Gasteiger partial charge on any atom is -0.349 e. The lowest BCUT2D eigenvalue weighted by molar-refractivity contribution is -0.140. The van der Waals surface area contributed by atoms with Crippen molar-refractivity contribution in [1.82, 2.24) is 0 Å². The largest absolute Gasteiger partial charge is 0.349 e. The molecule has 2 aromatic rings. The van der Waals surface area contributed by atoms with Crippen LogP contribution in [0.3, 0.4) is 0 Å². The van der Waals surface area contributed by atoms with Crippen LogP contribution < -0.4 is 0 Å². The molecule has 0 aliphatic heterocycles. The highest BCUT2D eigenvalue weighted by Gasteiger charge is 2.11. The molecule has 0 bridgehead atoms. The van der Waals surface area contributed by atoms with Gasteiger partial charge in [-0.1, -0.05) is 30.3 Å². The summed E-state index contributed by atoms with van der Waals surface area (Å²) in [5.74, 6) is -2.42. The maximum Gasteiger partial charge on any atom is 0.185 e. The molecule has 0 fully saturated rings. The van der Waals surface area contributed by atoms with Gasteiger partial charge in [-0.05, 0) is 43.7 Å². The lowest BCUT2D eigenvalue weighted by Crippen LogP contribution is -2.08. The van der Waals surface area contributed by atoms with Crippen LogP contribution in [-0.4, -0.2) is 19.0 Å². The van der Waals surface area contributed by atoms with Crippen molar-refractivity contribution in [1.29, 1.82) is 0 Å². The van der Waals surface area contributed by atoms with Gasteiger partial charge in [0.05, 0.1) is 0 Å². The van der Waals surface area contributed by atoms with E-state index in [0.29, 0.717) is 13.2 Å². The second-order valence-corrected chi connectivity index (χ2v) is 5.24. The standard InChI is InChI=1S/C20H20F2O3/c1-3-24-20(25-4-2)15-8-5-14(6-9-15)7-12-19(23)16-10-11-17(21)18(22)13-16/h5-13,20H,3-4H2,1-2H3/b12-7+. The smallest absolute Gasteiger partial charge is 0.185 e. The van der Waals surface area contributed by atoms with Gasteiger partial charge < -0.3 is 9.47 Å². The predicted molar refractivity (Wildman–Crippen MR) is 92.2 cm³/mol. The van der Waals surface area contributed by atoms with Crippen LogP contribution in [0, 0.1) is 11.6 Å². The van der Waals surface area contributed by atoms with Crippen LogP contribution >= 0.6 is 0 Å². The first kappa shape index (κ1) is 19.0. The molecule has 2 rings (SSSR count). The van der Waals surface area contributed by atoms with Crippen molar-refractivity contribution in [2.24, 2.45) is 0 Å². The molecule has 0 aliphatic rings. The van der Waals surface area contributed by atoms with Crippen molar-refractivity contribution < 1.29 is 23.0 Å². The predicted octanol–water partition coefficient (Wildman–Crippen LogP) is 4.93. The number of rotatable bonds is 8. The van der Waals surface area contributed by atoms with Gasteiger partial charge in [0.2, 0.25) is 0 Å². The van der Waals surface area contributed by atoms with Crippen molar-refractivity contribution in [3.8, 4) is 0 Å². The van der Waals surface area contributed by atoms with E-state index in [2.05, 4.69) is 0 Å². The van der Waals surface area contributed by atoms with E-state index >= 15 is 0 Å². The normalized spacial score (nSPS) is 11.4. The van der Waals surface area contributed by atoms with E-state index in [1.54, 1.807) is 6.08 Å². The minimum absolute atomic E-state index is 0.0968. The Bertz CT molecular complexity index is 733. The van der Waals surface area contributed by atoms with Crippen LogP contribution in [0.2, 0.25) is 0 Å². The van der Waals surface area contributed by atoms with Gasteiger partial charge in [0.25, 0.3) is 0 Å². The Labute approximate surface area is 145 Å². The molecule has 0 aromatic heterocycles. The first-order valence-electron chi connectivity index (χ1n) is 8.05. The third-order valence-electron chi connectivity index (χ3n) is 3.48. The van der Waals surface area contributed by atoms with Gasteiger partial charge in [0.1, 0.15) is 0 Å². The summed E-state index contributed by atoms with van der Waals surface area (Å²) in [5, 5.41) is 0. The van der Waals surface area contributed by atoms with Crippen LogP contribution in [0.1, 0.15) is 41.6 Å². The number of hydrogen-bond acceptors (Lipinski definition) is 3. The molecule has 0 atom stereocenters. The van der Waals surface area contributed by atoms with Gasteiger partial charge in [-0.25, -0.2) is 8.78 Å². The molecule has 0 N–H and O–H groups in total. The number of carbonyl (C=O) groups excluding carboxylic acids is 1. The summed E-state index contributed by atoms with van der Waals surface area (Å²) in [7, 11) is 0. The number of halogens is 2. The lowest BCUT2D eigenvalue weighted by atomic mass is 10.1. The highest BCUT2D eigenvalue weighted by Crippen LogP contribution is 2.20. The Kier molecular flexibility index (Phi) is 6.98. The zero-order valence-corrected chi connectivity index (χ0v) is 14.2. The Morgan fingerprint density at radius 1 is 1.00 bits per heavy atom. The molecule has 0 heterocycles. The van der Waals surface area contributed by atoms with Crippen LogP contribution in [-0.2, 0) is 9.47 Å². The molecular formula is C20H20F2O3. The average molecular weight is 346 g/mol. The molecule has 132 valence electrons. The van der Waals surface area contributed by atoms with E-state index in [0.717, 1.165) is 23.3 Å². The Hall–Kier alpha value is -2.37. The van der Waals surface area contributed by atoms with Crippen molar-refractivity contribution in [2.75, 3.05) is 13.2 Å². The van der Waals surface area contributed by atoms with Gasteiger partial charge in [0, 0.05) is 24.3 Å². The van der Waals surface area contributed by atoms with Gasteiger partial charge in [-0.3, -0.25) is 4.79 Å². The van der Waals surface area contributed by atoms with Crippen molar-refractivity contribution in [2.45, 2.75) is 20.1 Å².